The molecule has 0 radical (unpaired) electrons. The summed E-state index contributed by atoms with van der Waals surface area (Å²) in [4.78, 5) is 12.1. The van der Waals surface area contributed by atoms with Gasteiger partial charge in [-0.25, -0.2) is 0 Å². The Morgan fingerprint density at radius 2 is 1.89 bits per heavy atom. The molecule has 0 heterocycles. The number of anilines is 1. The third-order valence-electron chi connectivity index (χ3n) is 2.82. The molecule has 0 saturated heterocycles. The Morgan fingerprint density at radius 1 is 1.32 bits per heavy atom. The summed E-state index contributed by atoms with van der Waals surface area (Å²) in [5, 5.41) is 6.14. The van der Waals surface area contributed by atoms with Crippen molar-refractivity contribution in [3.63, 3.8) is 0 Å². The van der Waals surface area contributed by atoms with Crippen LogP contribution in [0.15, 0.2) is 24.3 Å². The molecule has 4 heteroatoms. The summed E-state index contributed by atoms with van der Waals surface area (Å²) in [6, 6.07) is 7.47. The standard InChI is InChI=1S/C15H24N2O2/c1-11-6-8-13(9-7-11)16-14(18)12(2)17-15(3,4)10-19-5/h6-9,12,17H,10H2,1-5H3,(H,16,18). The normalized spacial score (nSPS) is 13.1. The van der Waals surface area contributed by atoms with Crippen LogP contribution >= 0.6 is 0 Å². The van der Waals surface area contributed by atoms with Crippen LogP contribution in [0.3, 0.4) is 0 Å². The van der Waals surface area contributed by atoms with Gasteiger partial charge in [0.15, 0.2) is 0 Å². The highest BCUT2D eigenvalue weighted by atomic mass is 16.5. The molecule has 0 fully saturated rings. The molecule has 0 aliphatic carbocycles. The van der Waals surface area contributed by atoms with Gasteiger partial charge in [-0.1, -0.05) is 17.7 Å². The largest absolute Gasteiger partial charge is 0.383 e. The van der Waals surface area contributed by atoms with E-state index in [9.17, 15) is 4.79 Å². The lowest BCUT2D eigenvalue weighted by atomic mass is 10.1. The zero-order valence-corrected chi connectivity index (χ0v) is 12.4. The number of rotatable bonds is 6. The van der Waals surface area contributed by atoms with Crippen molar-refractivity contribution in [1.82, 2.24) is 5.32 Å². The van der Waals surface area contributed by atoms with Crippen LogP contribution in [0.1, 0.15) is 26.3 Å². The molecule has 0 aliphatic rings. The Kier molecular flexibility index (Phi) is 5.51. The maximum absolute atomic E-state index is 12.1. The molecular formula is C15H24N2O2. The molecule has 106 valence electrons. The van der Waals surface area contributed by atoms with E-state index in [-0.39, 0.29) is 17.5 Å². The van der Waals surface area contributed by atoms with Crippen molar-refractivity contribution < 1.29 is 9.53 Å². The van der Waals surface area contributed by atoms with Crippen molar-refractivity contribution in [2.75, 3.05) is 19.0 Å². The van der Waals surface area contributed by atoms with Gasteiger partial charge in [-0.05, 0) is 39.8 Å². The van der Waals surface area contributed by atoms with Crippen LogP contribution in [0.4, 0.5) is 5.69 Å². The van der Waals surface area contributed by atoms with E-state index in [1.165, 1.54) is 5.56 Å². The Morgan fingerprint density at radius 3 is 2.42 bits per heavy atom. The summed E-state index contributed by atoms with van der Waals surface area (Å²) in [6.07, 6.45) is 0. The monoisotopic (exact) mass is 264 g/mol. The fourth-order valence-electron chi connectivity index (χ4n) is 1.94. The first kappa shape index (κ1) is 15.7. The molecule has 1 rings (SSSR count). The van der Waals surface area contributed by atoms with E-state index in [1.807, 2.05) is 52.0 Å². The van der Waals surface area contributed by atoms with Gasteiger partial charge in [0.1, 0.15) is 0 Å². The number of nitrogens with one attached hydrogen (secondary N) is 2. The Labute approximate surface area is 115 Å². The van der Waals surface area contributed by atoms with Crippen molar-refractivity contribution in [3.05, 3.63) is 29.8 Å². The third-order valence-corrected chi connectivity index (χ3v) is 2.82. The van der Waals surface area contributed by atoms with Crippen LogP contribution in [0, 0.1) is 6.92 Å². The summed E-state index contributed by atoms with van der Waals surface area (Å²) in [5.41, 5.74) is 1.75. The zero-order valence-electron chi connectivity index (χ0n) is 12.4. The summed E-state index contributed by atoms with van der Waals surface area (Å²) in [7, 11) is 1.65. The maximum atomic E-state index is 12.1. The van der Waals surface area contributed by atoms with E-state index in [0.29, 0.717) is 6.61 Å². The first-order chi connectivity index (χ1) is 8.84. The lowest BCUT2D eigenvalue weighted by Gasteiger charge is -2.29. The number of amides is 1. The van der Waals surface area contributed by atoms with Gasteiger partial charge in [0.25, 0.3) is 0 Å². The van der Waals surface area contributed by atoms with Crippen LogP contribution in [-0.2, 0) is 9.53 Å². The minimum absolute atomic E-state index is 0.0481. The predicted octanol–water partition coefficient (Wildman–Crippen LogP) is 2.34. The van der Waals surface area contributed by atoms with Crippen LogP contribution < -0.4 is 10.6 Å². The molecule has 0 bridgehead atoms. The first-order valence-corrected chi connectivity index (χ1v) is 6.48. The van der Waals surface area contributed by atoms with Crippen molar-refractivity contribution in [1.29, 1.82) is 0 Å². The zero-order chi connectivity index (χ0) is 14.5. The van der Waals surface area contributed by atoms with Gasteiger partial charge in [-0.15, -0.1) is 0 Å². The van der Waals surface area contributed by atoms with Gasteiger partial charge in [0.05, 0.1) is 12.6 Å². The second-order valence-corrected chi connectivity index (χ2v) is 5.54. The average molecular weight is 264 g/mol. The minimum atomic E-state index is -0.286. The van der Waals surface area contributed by atoms with Gasteiger partial charge >= 0.3 is 0 Å². The lowest BCUT2D eigenvalue weighted by Crippen LogP contribution is -2.52. The van der Waals surface area contributed by atoms with E-state index in [4.69, 9.17) is 4.74 Å². The number of hydrogen-bond acceptors (Lipinski definition) is 3. The van der Waals surface area contributed by atoms with Crippen LogP contribution in [-0.4, -0.2) is 31.2 Å². The van der Waals surface area contributed by atoms with Crippen molar-refractivity contribution in [2.24, 2.45) is 0 Å². The van der Waals surface area contributed by atoms with Gasteiger partial charge in [0, 0.05) is 18.3 Å². The molecule has 1 amide bonds. The summed E-state index contributed by atoms with van der Waals surface area (Å²) < 4.78 is 5.12. The highest BCUT2D eigenvalue weighted by Gasteiger charge is 2.23. The number of carbonyl (C=O) groups is 1. The van der Waals surface area contributed by atoms with E-state index < -0.39 is 0 Å². The number of benzene rings is 1. The predicted molar refractivity (Wildman–Crippen MR) is 78.4 cm³/mol. The molecule has 1 aromatic carbocycles. The Bertz CT molecular complexity index is 413. The molecule has 0 spiro atoms. The van der Waals surface area contributed by atoms with Crippen LogP contribution in [0.5, 0.6) is 0 Å². The van der Waals surface area contributed by atoms with Crippen LogP contribution in [0.2, 0.25) is 0 Å². The number of methoxy groups -OCH3 is 1. The van der Waals surface area contributed by atoms with Crippen molar-refractivity contribution >= 4 is 11.6 Å². The Hall–Kier alpha value is -1.39. The first-order valence-electron chi connectivity index (χ1n) is 6.48. The smallest absolute Gasteiger partial charge is 0.241 e. The molecule has 1 aromatic rings. The van der Waals surface area contributed by atoms with Crippen LogP contribution in [0.25, 0.3) is 0 Å². The number of hydrogen-bond donors (Lipinski definition) is 2. The molecule has 2 N–H and O–H groups in total. The second kappa shape index (κ2) is 6.68. The van der Waals surface area contributed by atoms with E-state index >= 15 is 0 Å². The van der Waals surface area contributed by atoms with Crippen molar-refractivity contribution in [3.8, 4) is 0 Å². The Balaban J connectivity index is 2.55. The van der Waals surface area contributed by atoms with Gasteiger partial charge in [-0.3, -0.25) is 10.1 Å². The van der Waals surface area contributed by atoms with E-state index in [2.05, 4.69) is 10.6 Å². The number of aryl methyl sites for hydroxylation is 1. The second-order valence-electron chi connectivity index (χ2n) is 5.54. The number of ether oxygens (including phenoxy) is 1. The quantitative estimate of drug-likeness (QED) is 0.829. The molecule has 0 aromatic heterocycles. The van der Waals surface area contributed by atoms with Gasteiger partial charge in [-0.2, -0.15) is 0 Å². The van der Waals surface area contributed by atoms with Gasteiger partial charge in [0.2, 0.25) is 5.91 Å². The third kappa shape index (κ3) is 5.41. The summed E-state index contributed by atoms with van der Waals surface area (Å²) in [6.45, 7) is 8.43. The number of carbonyl (C=O) groups excluding carboxylic acids is 1. The SMILES string of the molecule is COCC(C)(C)NC(C)C(=O)Nc1ccc(C)cc1. The molecule has 1 unspecified atom stereocenters. The molecule has 1 atom stereocenters. The lowest BCUT2D eigenvalue weighted by molar-refractivity contribution is -0.118. The van der Waals surface area contributed by atoms with Gasteiger partial charge < -0.3 is 10.1 Å². The highest BCUT2D eigenvalue weighted by Crippen LogP contribution is 2.10. The van der Waals surface area contributed by atoms with Crippen molar-refractivity contribution in [2.45, 2.75) is 39.3 Å². The summed E-state index contributed by atoms with van der Waals surface area (Å²) in [5.74, 6) is -0.0481. The fraction of sp³-hybridized carbons (Fsp3) is 0.533. The molecular weight excluding hydrogens is 240 g/mol. The maximum Gasteiger partial charge on any atom is 0.241 e. The molecule has 19 heavy (non-hydrogen) atoms. The highest BCUT2D eigenvalue weighted by molar-refractivity contribution is 5.94. The molecule has 0 saturated carbocycles. The molecule has 0 aliphatic heterocycles. The van der Waals surface area contributed by atoms with E-state index in [0.717, 1.165) is 5.69 Å². The van der Waals surface area contributed by atoms with E-state index in [1.54, 1.807) is 7.11 Å². The minimum Gasteiger partial charge on any atom is -0.383 e. The summed E-state index contributed by atoms with van der Waals surface area (Å²) >= 11 is 0. The topological polar surface area (TPSA) is 50.4 Å². The average Bonchev–Trinajstić information content (AvgIpc) is 2.31. The fourth-order valence-corrected chi connectivity index (χ4v) is 1.94. The molecule has 4 nitrogen and oxygen atoms in total.